The van der Waals surface area contributed by atoms with Crippen molar-refractivity contribution in [1.82, 2.24) is 4.31 Å². The molecule has 0 bridgehead atoms. The summed E-state index contributed by atoms with van der Waals surface area (Å²) in [6.45, 7) is -0.697. The molecule has 0 spiro atoms. The predicted molar refractivity (Wildman–Crippen MR) is 174 cm³/mol. The average Bonchev–Trinajstić information content (AvgIpc) is 3.50. The minimum atomic E-state index is -4.04. The summed E-state index contributed by atoms with van der Waals surface area (Å²) >= 11 is 15.2. The summed E-state index contributed by atoms with van der Waals surface area (Å²) in [6.07, 6.45) is 3.98. The first-order valence-electron chi connectivity index (χ1n) is 14.4. The third-order valence-corrected chi connectivity index (χ3v) is 13.1. The molecule has 0 radical (unpaired) electrons. The number of H-pyrrole nitrogens is 1. The Balaban J connectivity index is 1.31. The van der Waals surface area contributed by atoms with Crippen LogP contribution in [0.2, 0.25) is 10.0 Å². The smallest absolute Gasteiger partial charge is 0.387 e. The molecule has 8 nitrogen and oxygen atoms in total. The molecule has 1 N–H and O–H groups in total. The lowest BCUT2D eigenvalue weighted by atomic mass is 10.0. The fourth-order valence-corrected chi connectivity index (χ4v) is 10.2. The van der Waals surface area contributed by atoms with Crippen molar-refractivity contribution in [2.45, 2.75) is 48.5 Å². The Morgan fingerprint density at radius 2 is 1.85 bits per heavy atom. The normalized spacial score (nSPS) is 17.8. The molecule has 3 heterocycles. The second-order valence-corrected chi connectivity index (χ2v) is 16.2. The molecule has 2 fully saturated rings. The van der Waals surface area contributed by atoms with Crippen LogP contribution in [0, 0.1) is 12.8 Å². The van der Waals surface area contributed by atoms with Gasteiger partial charge in [-0.3, -0.25) is 0 Å². The second-order valence-electron chi connectivity index (χ2n) is 11.0. The number of rotatable bonds is 12. The van der Waals surface area contributed by atoms with E-state index in [0.29, 0.717) is 29.4 Å². The number of aromatic amines is 1. The summed E-state index contributed by atoms with van der Waals surface area (Å²) in [5.41, 5.74) is 1.88. The van der Waals surface area contributed by atoms with E-state index in [0.717, 1.165) is 55.9 Å². The zero-order valence-electron chi connectivity index (χ0n) is 24.4. The molecule has 2 aromatic heterocycles. The number of carbonyl (C=O) groups is 1. The number of thiophene rings is 1. The van der Waals surface area contributed by atoms with Crippen LogP contribution in [0.1, 0.15) is 35.6 Å². The van der Waals surface area contributed by atoms with Gasteiger partial charge in [-0.05, 0) is 60.9 Å². The number of carbonyl (C=O) groups excluding carboxylic acids is 1. The largest absolute Gasteiger partial charge is 0.489 e. The zero-order valence-corrected chi connectivity index (χ0v) is 28.3. The van der Waals surface area contributed by atoms with E-state index in [1.807, 2.05) is 25.1 Å². The third-order valence-electron chi connectivity index (χ3n) is 7.63. The number of hydrogen-bond donors (Lipinski definition) is 0. The van der Waals surface area contributed by atoms with Gasteiger partial charge in [0.2, 0.25) is 0 Å². The molecule has 15 heteroatoms. The molecular weight excluding hydrogens is 701 g/mol. The van der Waals surface area contributed by atoms with Gasteiger partial charge in [0.15, 0.2) is 29.3 Å². The first kappa shape index (κ1) is 33.2. The number of ether oxygens (including phenoxy) is 3. The number of sulfonamides is 1. The summed E-state index contributed by atoms with van der Waals surface area (Å²) in [7, 11) is -4.04. The van der Waals surface area contributed by atoms with Crippen LogP contribution in [0.25, 0.3) is 10.1 Å². The molecule has 6 rings (SSSR count). The highest BCUT2D eigenvalue weighted by Crippen LogP contribution is 2.40. The van der Waals surface area contributed by atoms with Crippen molar-refractivity contribution >= 4 is 72.4 Å². The Kier molecular flexibility index (Phi) is 9.98. The van der Waals surface area contributed by atoms with Gasteiger partial charge in [-0.25, -0.2) is 18.2 Å². The minimum absolute atomic E-state index is 0.00893. The molecule has 0 amide bonds. The number of aromatic nitrogens is 1. The van der Waals surface area contributed by atoms with E-state index >= 15 is 0 Å². The fourth-order valence-electron chi connectivity index (χ4n) is 5.07. The van der Waals surface area contributed by atoms with Gasteiger partial charge < -0.3 is 14.2 Å². The third kappa shape index (κ3) is 7.39. The summed E-state index contributed by atoms with van der Waals surface area (Å²) in [5.74, 6) is -0.150. The van der Waals surface area contributed by atoms with Crippen LogP contribution in [-0.4, -0.2) is 49.6 Å². The van der Waals surface area contributed by atoms with Gasteiger partial charge in [0.25, 0.3) is 10.0 Å². The number of nitrogens with one attached hydrogen (secondary N) is 1. The molecule has 244 valence electrons. The highest BCUT2D eigenvalue weighted by atomic mass is 35.5. The SMILES string of the molecule is Cc1ccc2sc(S(=O)(=O)N3CCS[C@H]3C(=O)O[C@@H](Cc3c(Cl)c[nH+]cc3Cl)c3ccc(OC(F)F)c(OCC4CC4)c3)cc2c1. The van der Waals surface area contributed by atoms with Gasteiger partial charge in [0.05, 0.1) is 6.61 Å². The lowest BCUT2D eigenvalue weighted by Crippen LogP contribution is -2.40. The maximum absolute atomic E-state index is 13.8. The number of benzene rings is 2. The van der Waals surface area contributed by atoms with Gasteiger partial charge in [0, 0.05) is 29.0 Å². The number of thioether (sulfide) groups is 1. The fraction of sp³-hybridized carbons (Fsp3) is 0.355. The van der Waals surface area contributed by atoms with Crippen LogP contribution < -0.4 is 14.5 Å². The van der Waals surface area contributed by atoms with Gasteiger partial charge in [-0.2, -0.15) is 13.1 Å². The summed E-state index contributed by atoms with van der Waals surface area (Å²) in [5, 5.41) is 0.232. The van der Waals surface area contributed by atoms with Crippen molar-refractivity contribution in [2.24, 2.45) is 5.92 Å². The quantitative estimate of drug-likeness (QED) is 0.141. The maximum Gasteiger partial charge on any atom is 0.387 e. The molecule has 2 atom stereocenters. The summed E-state index contributed by atoms with van der Waals surface area (Å²) < 4.78 is 72.7. The predicted octanol–water partition coefficient (Wildman–Crippen LogP) is 7.31. The van der Waals surface area contributed by atoms with E-state index in [-0.39, 0.29) is 38.7 Å². The van der Waals surface area contributed by atoms with E-state index in [2.05, 4.69) is 9.72 Å². The molecule has 1 saturated carbocycles. The van der Waals surface area contributed by atoms with Crippen LogP contribution in [0.15, 0.2) is 59.1 Å². The number of aryl methyl sites for hydroxylation is 1. The molecule has 1 aliphatic heterocycles. The highest BCUT2D eigenvalue weighted by Gasteiger charge is 2.43. The van der Waals surface area contributed by atoms with Crippen molar-refractivity contribution in [3.05, 3.63) is 81.6 Å². The number of halogens is 4. The molecule has 2 aromatic carbocycles. The Bertz CT molecular complexity index is 1850. The Morgan fingerprint density at radius 1 is 1.09 bits per heavy atom. The summed E-state index contributed by atoms with van der Waals surface area (Å²) in [4.78, 5) is 16.7. The first-order valence-corrected chi connectivity index (χ1v) is 18.5. The monoisotopic (exact) mass is 729 g/mol. The van der Waals surface area contributed by atoms with Crippen molar-refractivity contribution in [2.75, 3.05) is 18.9 Å². The van der Waals surface area contributed by atoms with E-state index in [1.54, 1.807) is 6.07 Å². The van der Waals surface area contributed by atoms with Gasteiger partial charge in [-0.1, -0.05) is 47.0 Å². The molecule has 46 heavy (non-hydrogen) atoms. The zero-order chi connectivity index (χ0) is 32.6. The van der Waals surface area contributed by atoms with Gasteiger partial charge in [-0.15, -0.1) is 23.1 Å². The number of nitrogens with zero attached hydrogens (tertiary/aromatic N) is 1. The van der Waals surface area contributed by atoms with Crippen molar-refractivity contribution < 1.29 is 41.2 Å². The van der Waals surface area contributed by atoms with Crippen LogP contribution >= 0.6 is 46.3 Å². The molecule has 2 aliphatic rings. The Labute approximate surface area is 283 Å². The van der Waals surface area contributed by atoms with Crippen LogP contribution in [0.5, 0.6) is 11.5 Å². The highest BCUT2D eigenvalue weighted by molar-refractivity contribution is 8.02. The van der Waals surface area contributed by atoms with E-state index in [1.165, 1.54) is 30.6 Å². The molecule has 0 unspecified atom stereocenters. The second kappa shape index (κ2) is 13.8. The Morgan fingerprint density at radius 3 is 2.57 bits per heavy atom. The number of hydrogen-bond acceptors (Lipinski definition) is 8. The van der Waals surface area contributed by atoms with E-state index < -0.39 is 34.1 Å². The van der Waals surface area contributed by atoms with Crippen LogP contribution in [0.3, 0.4) is 0 Å². The van der Waals surface area contributed by atoms with Crippen LogP contribution in [0.4, 0.5) is 8.78 Å². The standard InChI is InChI=1S/C31H28Cl2F2N2O6S3/c1-17-2-7-27-20(10-17)12-28(45-27)46(39,40)37-8-9-44-29(37)30(38)42-25(13-21-22(32)14-36-15-23(21)33)19-5-6-24(43-31(34)35)26(11-19)41-16-18-3-4-18/h2,5-7,10-12,14-15,18,25,29,31H,3-4,8-9,13,16H2,1H3/p+1/t25-,29-/m0/s1. The lowest BCUT2D eigenvalue weighted by molar-refractivity contribution is -0.377. The van der Waals surface area contributed by atoms with Crippen molar-refractivity contribution in [1.29, 1.82) is 0 Å². The number of esters is 1. The number of pyridine rings is 1. The molecule has 1 saturated heterocycles. The lowest BCUT2D eigenvalue weighted by Gasteiger charge is -2.25. The van der Waals surface area contributed by atoms with Crippen LogP contribution in [-0.2, 0) is 26.0 Å². The Hall–Kier alpha value is -2.68. The molecule has 1 aliphatic carbocycles. The van der Waals surface area contributed by atoms with Crippen molar-refractivity contribution in [3.8, 4) is 11.5 Å². The van der Waals surface area contributed by atoms with Gasteiger partial charge >= 0.3 is 12.6 Å². The number of alkyl halides is 2. The van der Waals surface area contributed by atoms with E-state index in [9.17, 15) is 22.0 Å². The molecule has 4 aromatic rings. The topological polar surface area (TPSA) is 96.3 Å². The van der Waals surface area contributed by atoms with Gasteiger partial charge in [0.1, 0.15) is 20.4 Å². The summed E-state index contributed by atoms with van der Waals surface area (Å²) in [6, 6.07) is 11.6. The first-order chi connectivity index (χ1) is 22.0. The van der Waals surface area contributed by atoms with Crippen molar-refractivity contribution in [3.63, 3.8) is 0 Å². The van der Waals surface area contributed by atoms with E-state index in [4.69, 9.17) is 32.7 Å². The number of fused-ring (bicyclic) bond motifs is 1. The average molecular weight is 731 g/mol. The minimum Gasteiger partial charge on any atom is -0.489 e. The molecular formula is C31H29Cl2F2N2O6S3+. The maximum atomic E-state index is 13.8.